The van der Waals surface area contributed by atoms with Crippen molar-refractivity contribution in [1.82, 2.24) is 0 Å². The molecule has 1 saturated heterocycles. The Morgan fingerprint density at radius 1 is 1.62 bits per heavy atom. The highest BCUT2D eigenvalue weighted by molar-refractivity contribution is 4.90. The van der Waals surface area contributed by atoms with E-state index in [-0.39, 0.29) is 6.61 Å². The van der Waals surface area contributed by atoms with E-state index >= 15 is 0 Å². The summed E-state index contributed by atoms with van der Waals surface area (Å²) < 4.78 is 11.1. The molecular formula is C10H18O3. The predicted octanol–water partition coefficient (Wildman–Crippen LogP) is 1.82. The van der Waals surface area contributed by atoms with E-state index in [1.165, 1.54) is 0 Å². The molecule has 0 aliphatic carbocycles. The van der Waals surface area contributed by atoms with E-state index in [9.17, 15) is 0 Å². The summed E-state index contributed by atoms with van der Waals surface area (Å²) in [6, 6.07) is 0. The molecule has 0 bridgehead atoms. The highest BCUT2D eigenvalue weighted by Crippen LogP contribution is 2.27. The van der Waals surface area contributed by atoms with Crippen LogP contribution in [0.15, 0.2) is 11.8 Å². The lowest BCUT2D eigenvalue weighted by molar-refractivity contribution is -0.223. The molecule has 0 amide bonds. The number of ether oxygens (including phenoxy) is 2. The van der Waals surface area contributed by atoms with Crippen molar-refractivity contribution < 1.29 is 14.6 Å². The first-order valence-electron chi connectivity index (χ1n) is 4.77. The summed E-state index contributed by atoms with van der Waals surface area (Å²) in [4.78, 5) is 0. The Kier molecular flexibility index (Phi) is 3.75. The number of aliphatic hydroxyl groups is 1. The average molecular weight is 186 g/mol. The highest BCUT2D eigenvalue weighted by atomic mass is 16.7. The minimum atomic E-state index is -0.478. The summed E-state index contributed by atoms with van der Waals surface area (Å²) in [6.07, 6.45) is 4.82. The van der Waals surface area contributed by atoms with Crippen LogP contribution in [0.2, 0.25) is 0 Å². The van der Waals surface area contributed by atoms with Gasteiger partial charge in [0.2, 0.25) is 5.79 Å². The lowest BCUT2D eigenvalue weighted by atomic mass is 10.1. The molecule has 0 aromatic rings. The van der Waals surface area contributed by atoms with Gasteiger partial charge in [-0.3, -0.25) is 0 Å². The fraction of sp³-hybridized carbons (Fsp3) is 0.800. The Morgan fingerprint density at radius 3 is 2.92 bits per heavy atom. The molecule has 0 radical (unpaired) electrons. The smallest absolute Gasteiger partial charge is 0.207 e. The predicted molar refractivity (Wildman–Crippen MR) is 50.1 cm³/mol. The van der Waals surface area contributed by atoms with Gasteiger partial charge in [0.25, 0.3) is 0 Å². The highest BCUT2D eigenvalue weighted by Gasteiger charge is 2.29. The Labute approximate surface area is 79.3 Å². The van der Waals surface area contributed by atoms with Crippen LogP contribution in [0, 0.1) is 0 Å². The van der Waals surface area contributed by atoms with Crippen LogP contribution in [0.3, 0.4) is 0 Å². The molecule has 1 aliphatic heterocycles. The summed E-state index contributed by atoms with van der Waals surface area (Å²) in [5.41, 5.74) is 0. The lowest BCUT2D eigenvalue weighted by Crippen LogP contribution is -2.35. The van der Waals surface area contributed by atoms with Gasteiger partial charge in [-0.15, -0.1) is 0 Å². The second kappa shape index (κ2) is 4.63. The molecule has 3 nitrogen and oxygen atoms in total. The van der Waals surface area contributed by atoms with Gasteiger partial charge >= 0.3 is 0 Å². The van der Waals surface area contributed by atoms with Crippen molar-refractivity contribution in [2.75, 3.05) is 13.2 Å². The summed E-state index contributed by atoms with van der Waals surface area (Å²) in [5.74, 6) is 0.250. The first kappa shape index (κ1) is 10.5. The zero-order valence-corrected chi connectivity index (χ0v) is 8.38. The average Bonchev–Trinajstić information content (AvgIpc) is 2.04. The Hall–Kier alpha value is -0.540. The van der Waals surface area contributed by atoms with Crippen LogP contribution in [0.4, 0.5) is 0 Å². The molecule has 0 aromatic carbocycles. The summed E-state index contributed by atoms with van der Waals surface area (Å²) in [7, 11) is 0. The number of hydrogen-bond donors (Lipinski definition) is 1. The third-order valence-electron chi connectivity index (χ3n) is 2.19. The van der Waals surface area contributed by atoms with E-state index < -0.39 is 5.79 Å². The van der Waals surface area contributed by atoms with Crippen molar-refractivity contribution >= 4 is 0 Å². The normalized spacial score (nSPS) is 30.2. The monoisotopic (exact) mass is 186 g/mol. The minimum Gasteiger partial charge on any atom is -0.468 e. The van der Waals surface area contributed by atoms with E-state index in [2.05, 4.69) is 0 Å². The van der Waals surface area contributed by atoms with Gasteiger partial charge in [-0.2, -0.15) is 0 Å². The summed E-state index contributed by atoms with van der Waals surface area (Å²) >= 11 is 0. The largest absolute Gasteiger partial charge is 0.468 e. The number of hydrogen-bond acceptors (Lipinski definition) is 3. The fourth-order valence-corrected chi connectivity index (χ4v) is 1.50. The van der Waals surface area contributed by atoms with Gasteiger partial charge < -0.3 is 14.6 Å². The van der Waals surface area contributed by atoms with Crippen LogP contribution in [-0.4, -0.2) is 24.1 Å². The zero-order valence-electron chi connectivity index (χ0n) is 8.38. The SMILES string of the molecule is C/C(=C\CO)OC1(C)CCCCO1. The zero-order chi connectivity index (χ0) is 9.73. The van der Waals surface area contributed by atoms with Crippen LogP contribution in [0.25, 0.3) is 0 Å². The van der Waals surface area contributed by atoms with E-state index in [0.717, 1.165) is 31.6 Å². The van der Waals surface area contributed by atoms with E-state index in [0.29, 0.717) is 0 Å². The topological polar surface area (TPSA) is 38.7 Å². The van der Waals surface area contributed by atoms with Crippen LogP contribution >= 0.6 is 0 Å². The van der Waals surface area contributed by atoms with Crippen molar-refractivity contribution in [3.05, 3.63) is 11.8 Å². The fourth-order valence-electron chi connectivity index (χ4n) is 1.50. The molecule has 0 saturated carbocycles. The minimum absolute atomic E-state index is 0.0158. The number of allylic oxidation sites excluding steroid dienone is 1. The molecule has 1 aliphatic rings. The van der Waals surface area contributed by atoms with Crippen molar-refractivity contribution in [3.63, 3.8) is 0 Å². The number of rotatable bonds is 3. The maximum absolute atomic E-state index is 8.65. The molecule has 1 atom stereocenters. The van der Waals surface area contributed by atoms with Gasteiger partial charge in [-0.25, -0.2) is 0 Å². The molecule has 3 heteroatoms. The molecule has 0 spiro atoms. The van der Waals surface area contributed by atoms with Crippen LogP contribution < -0.4 is 0 Å². The molecule has 1 unspecified atom stereocenters. The molecule has 0 aromatic heterocycles. The van der Waals surface area contributed by atoms with Gasteiger partial charge in [0, 0.05) is 13.3 Å². The second-order valence-corrected chi connectivity index (χ2v) is 3.54. The Morgan fingerprint density at radius 2 is 2.38 bits per heavy atom. The molecule has 13 heavy (non-hydrogen) atoms. The van der Waals surface area contributed by atoms with Gasteiger partial charge in [0.15, 0.2) is 0 Å². The lowest BCUT2D eigenvalue weighted by Gasteiger charge is -2.34. The second-order valence-electron chi connectivity index (χ2n) is 3.54. The third-order valence-corrected chi connectivity index (χ3v) is 2.19. The maximum Gasteiger partial charge on any atom is 0.207 e. The van der Waals surface area contributed by atoms with Crippen LogP contribution in [-0.2, 0) is 9.47 Å². The Bertz CT molecular complexity index is 181. The van der Waals surface area contributed by atoms with Gasteiger partial charge in [-0.05, 0) is 25.8 Å². The van der Waals surface area contributed by atoms with Crippen molar-refractivity contribution in [1.29, 1.82) is 0 Å². The van der Waals surface area contributed by atoms with Gasteiger partial charge in [-0.1, -0.05) is 0 Å². The quantitative estimate of drug-likeness (QED) is 0.683. The van der Waals surface area contributed by atoms with E-state index in [1.54, 1.807) is 6.08 Å². The van der Waals surface area contributed by atoms with Gasteiger partial charge in [0.05, 0.1) is 19.0 Å². The first-order chi connectivity index (χ1) is 6.16. The number of aliphatic hydroxyl groups excluding tert-OH is 1. The third kappa shape index (κ3) is 3.36. The standard InChI is InChI=1S/C10H18O3/c1-9(5-7-11)13-10(2)6-3-4-8-12-10/h5,11H,3-4,6-8H2,1-2H3/b9-5+. The molecule has 1 heterocycles. The van der Waals surface area contributed by atoms with Crippen LogP contribution in [0.5, 0.6) is 0 Å². The summed E-state index contributed by atoms with van der Waals surface area (Å²) in [6.45, 7) is 4.56. The Balaban J connectivity index is 2.45. The maximum atomic E-state index is 8.65. The van der Waals surface area contributed by atoms with Crippen molar-refractivity contribution in [2.45, 2.75) is 38.9 Å². The molecule has 1 fully saturated rings. The van der Waals surface area contributed by atoms with Gasteiger partial charge in [0.1, 0.15) is 0 Å². The molecule has 1 rings (SSSR count). The molecule has 1 N–H and O–H groups in total. The van der Waals surface area contributed by atoms with E-state index in [1.807, 2.05) is 13.8 Å². The van der Waals surface area contributed by atoms with Crippen molar-refractivity contribution in [2.24, 2.45) is 0 Å². The van der Waals surface area contributed by atoms with Crippen molar-refractivity contribution in [3.8, 4) is 0 Å². The van der Waals surface area contributed by atoms with Crippen LogP contribution in [0.1, 0.15) is 33.1 Å². The summed E-state index contributed by atoms with van der Waals surface area (Å²) in [5, 5.41) is 8.65. The molecular weight excluding hydrogens is 168 g/mol. The van der Waals surface area contributed by atoms with E-state index in [4.69, 9.17) is 14.6 Å². The molecule has 76 valence electrons. The first-order valence-corrected chi connectivity index (χ1v) is 4.77.